The summed E-state index contributed by atoms with van der Waals surface area (Å²) in [7, 11) is 3.32. The fourth-order valence-electron chi connectivity index (χ4n) is 4.49. The average molecular weight is 383 g/mol. The van der Waals surface area contributed by atoms with Crippen LogP contribution < -0.4 is 14.8 Å². The van der Waals surface area contributed by atoms with Crippen molar-refractivity contribution in [3.63, 3.8) is 0 Å². The number of carbonyl (C=O) groups is 1. The highest BCUT2D eigenvalue weighted by Gasteiger charge is 2.35. The number of benzene rings is 1. The molecule has 2 amide bonds. The van der Waals surface area contributed by atoms with E-state index in [2.05, 4.69) is 22.1 Å². The molecule has 1 N–H and O–H groups in total. The third-order valence-electron chi connectivity index (χ3n) is 5.96. The summed E-state index contributed by atoms with van der Waals surface area (Å²) in [5.41, 5.74) is 2.04. The molecule has 6 heteroatoms. The van der Waals surface area contributed by atoms with Crippen LogP contribution in [0.2, 0.25) is 0 Å². The number of ether oxygens (including phenoxy) is 2. The molecule has 150 valence electrons. The van der Waals surface area contributed by atoms with Crippen molar-refractivity contribution in [2.75, 3.05) is 20.8 Å². The number of rotatable bonds is 4. The van der Waals surface area contributed by atoms with E-state index in [0.717, 1.165) is 42.1 Å². The zero-order valence-electron chi connectivity index (χ0n) is 16.7. The van der Waals surface area contributed by atoms with Gasteiger partial charge < -0.3 is 24.3 Å². The Morgan fingerprint density at radius 1 is 1.07 bits per heavy atom. The molecule has 1 aliphatic carbocycles. The van der Waals surface area contributed by atoms with Gasteiger partial charge in [0.25, 0.3) is 0 Å². The second-order valence-corrected chi connectivity index (χ2v) is 7.61. The number of hydrogen-bond acceptors (Lipinski definition) is 3. The molecule has 0 bridgehead atoms. The Labute approximate surface area is 166 Å². The maximum absolute atomic E-state index is 13.3. The van der Waals surface area contributed by atoms with Crippen molar-refractivity contribution in [1.29, 1.82) is 0 Å². The Kier molecular flexibility index (Phi) is 5.46. The van der Waals surface area contributed by atoms with Crippen LogP contribution >= 0.6 is 0 Å². The first-order valence-corrected chi connectivity index (χ1v) is 10.2. The van der Waals surface area contributed by atoms with E-state index >= 15 is 0 Å². The van der Waals surface area contributed by atoms with Gasteiger partial charge in [-0.25, -0.2) is 4.79 Å². The van der Waals surface area contributed by atoms with E-state index in [9.17, 15) is 4.79 Å². The van der Waals surface area contributed by atoms with E-state index < -0.39 is 0 Å². The van der Waals surface area contributed by atoms with Gasteiger partial charge in [0.2, 0.25) is 0 Å². The Hall–Kier alpha value is -2.63. The number of hydrogen-bond donors (Lipinski definition) is 1. The van der Waals surface area contributed by atoms with Crippen molar-refractivity contribution in [2.45, 2.75) is 50.7 Å². The second-order valence-electron chi connectivity index (χ2n) is 7.61. The lowest BCUT2D eigenvalue weighted by molar-refractivity contribution is 0.161. The number of amides is 2. The molecule has 2 heterocycles. The molecule has 0 saturated heterocycles. The lowest BCUT2D eigenvalue weighted by atomic mass is 9.95. The molecule has 0 spiro atoms. The Morgan fingerprint density at radius 2 is 1.89 bits per heavy atom. The zero-order valence-corrected chi connectivity index (χ0v) is 16.7. The van der Waals surface area contributed by atoms with Gasteiger partial charge in [-0.05, 0) is 43.2 Å². The number of methoxy groups -OCH3 is 2. The number of aromatic nitrogens is 1. The van der Waals surface area contributed by atoms with Crippen LogP contribution in [-0.4, -0.2) is 42.3 Å². The van der Waals surface area contributed by atoms with Crippen LogP contribution in [0.25, 0.3) is 0 Å². The van der Waals surface area contributed by atoms with Crippen molar-refractivity contribution in [3.8, 4) is 11.5 Å². The van der Waals surface area contributed by atoms with Crippen molar-refractivity contribution < 1.29 is 14.3 Å². The number of nitrogens with zero attached hydrogens (tertiary/aromatic N) is 2. The average Bonchev–Trinajstić information content (AvgIpc) is 3.22. The molecule has 4 rings (SSSR count). The van der Waals surface area contributed by atoms with Crippen molar-refractivity contribution in [2.24, 2.45) is 0 Å². The van der Waals surface area contributed by atoms with Crippen molar-refractivity contribution in [1.82, 2.24) is 14.8 Å². The monoisotopic (exact) mass is 383 g/mol. The summed E-state index contributed by atoms with van der Waals surface area (Å²) in [6.07, 6.45) is 7.88. The topological polar surface area (TPSA) is 55.7 Å². The van der Waals surface area contributed by atoms with E-state index in [1.807, 2.05) is 29.2 Å². The largest absolute Gasteiger partial charge is 0.497 e. The summed E-state index contributed by atoms with van der Waals surface area (Å²) in [6.45, 7) is 1.45. The first-order valence-electron chi connectivity index (χ1n) is 10.2. The summed E-state index contributed by atoms with van der Waals surface area (Å²) in [5, 5.41) is 3.28. The third-order valence-corrected chi connectivity index (χ3v) is 5.96. The second kappa shape index (κ2) is 8.17. The van der Waals surface area contributed by atoms with Crippen LogP contribution in [0, 0.1) is 0 Å². The van der Waals surface area contributed by atoms with E-state index in [0.29, 0.717) is 6.54 Å². The highest BCUT2D eigenvalue weighted by Crippen LogP contribution is 2.39. The van der Waals surface area contributed by atoms with Crippen LogP contribution in [0.15, 0.2) is 36.5 Å². The summed E-state index contributed by atoms with van der Waals surface area (Å²) < 4.78 is 13.3. The predicted octanol–water partition coefficient (Wildman–Crippen LogP) is 3.95. The van der Waals surface area contributed by atoms with Crippen LogP contribution in [0.3, 0.4) is 0 Å². The van der Waals surface area contributed by atoms with Gasteiger partial charge in [0.05, 0.1) is 14.2 Å². The Bertz CT molecular complexity index is 826. The van der Waals surface area contributed by atoms with Gasteiger partial charge in [-0.1, -0.05) is 19.3 Å². The highest BCUT2D eigenvalue weighted by molar-refractivity contribution is 5.76. The molecular weight excluding hydrogens is 354 g/mol. The van der Waals surface area contributed by atoms with Gasteiger partial charge in [-0.2, -0.15) is 0 Å². The van der Waals surface area contributed by atoms with Crippen LogP contribution in [0.5, 0.6) is 11.5 Å². The summed E-state index contributed by atoms with van der Waals surface area (Å²) >= 11 is 0. The molecule has 2 aromatic rings. The number of nitrogens with one attached hydrogen (secondary N) is 1. The molecule has 2 aliphatic rings. The lowest BCUT2D eigenvalue weighted by Gasteiger charge is -2.39. The van der Waals surface area contributed by atoms with Crippen molar-refractivity contribution in [3.05, 3.63) is 47.8 Å². The Balaban J connectivity index is 1.69. The maximum atomic E-state index is 13.3. The lowest BCUT2D eigenvalue weighted by Crippen LogP contribution is -2.50. The van der Waals surface area contributed by atoms with Gasteiger partial charge in [-0.3, -0.25) is 0 Å². The Morgan fingerprint density at radius 3 is 2.64 bits per heavy atom. The van der Waals surface area contributed by atoms with Crippen LogP contribution in [-0.2, 0) is 6.54 Å². The minimum Gasteiger partial charge on any atom is -0.497 e. The van der Waals surface area contributed by atoms with Crippen LogP contribution in [0.4, 0.5) is 4.79 Å². The molecule has 6 nitrogen and oxygen atoms in total. The maximum Gasteiger partial charge on any atom is 0.318 e. The molecule has 28 heavy (non-hydrogen) atoms. The first-order chi connectivity index (χ1) is 13.7. The van der Waals surface area contributed by atoms with E-state index in [1.54, 1.807) is 14.2 Å². The minimum atomic E-state index is -0.211. The summed E-state index contributed by atoms with van der Waals surface area (Å²) in [6, 6.07) is 9.98. The zero-order chi connectivity index (χ0) is 19.5. The molecule has 1 atom stereocenters. The molecule has 1 fully saturated rings. The van der Waals surface area contributed by atoms with E-state index in [4.69, 9.17) is 9.47 Å². The molecule has 1 aliphatic heterocycles. The third kappa shape index (κ3) is 3.55. The first kappa shape index (κ1) is 18.7. The normalized spacial score (nSPS) is 19.8. The predicted molar refractivity (Wildman–Crippen MR) is 108 cm³/mol. The van der Waals surface area contributed by atoms with Crippen molar-refractivity contribution >= 4 is 6.03 Å². The number of fused-ring (bicyclic) bond motifs is 1. The summed E-state index contributed by atoms with van der Waals surface area (Å²) in [4.78, 5) is 15.2. The smallest absolute Gasteiger partial charge is 0.318 e. The molecule has 1 aromatic heterocycles. The molecule has 1 aromatic carbocycles. The standard InChI is InChI=1S/C22H29N3O3/c1-27-17-10-11-20(28-2)18(15-17)21-19-9-6-12-24(19)13-14-25(21)22(26)23-16-7-4-3-5-8-16/h6,9-12,15-16,21H,3-5,7-8,13-14H2,1-2H3,(H,23,26). The molecule has 1 unspecified atom stereocenters. The van der Waals surface area contributed by atoms with Gasteiger partial charge in [0, 0.05) is 36.6 Å². The molecule has 0 radical (unpaired) electrons. The van der Waals surface area contributed by atoms with Crippen LogP contribution in [0.1, 0.15) is 49.4 Å². The van der Waals surface area contributed by atoms with E-state index in [-0.39, 0.29) is 18.1 Å². The minimum absolute atomic E-state index is 0.00854. The van der Waals surface area contributed by atoms with Gasteiger partial charge in [-0.15, -0.1) is 0 Å². The summed E-state index contributed by atoms with van der Waals surface area (Å²) in [5.74, 6) is 1.52. The van der Waals surface area contributed by atoms with E-state index in [1.165, 1.54) is 19.3 Å². The molecular formula is C22H29N3O3. The SMILES string of the molecule is COc1ccc(OC)c(C2c3cccn3CCN2C(=O)NC2CCCCC2)c1. The molecule has 1 saturated carbocycles. The fraction of sp³-hybridized carbons (Fsp3) is 0.500. The fourth-order valence-corrected chi connectivity index (χ4v) is 4.49. The number of carbonyl (C=O) groups excluding carboxylic acids is 1. The highest BCUT2D eigenvalue weighted by atomic mass is 16.5. The van der Waals surface area contributed by atoms with Gasteiger partial charge in [0.1, 0.15) is 17.5 Å². The van der Waals surface area contributed by atoms with Gasteiger partial charge in [0.15, 0.2) is 0 Å². The number of urea groups is 1. The quantitative estimate of drug-likeness (QED) is 0.870. The van der Waals surface area contributed by atoms with Gasteiger partial charge >= 0.3 is 6.03 Å².